The molecule has 9 heteroatoms. The first kappa shape index (κ1) is 19.7. The zero-order chi connectivity index (χ0) is 21.4. The third kappa shape index (κ3) is 3.77. The van der Waals surface area contributed by atoms with Crippen molar-refractivity contribution in [1.29, 1.82) is 0 Å². The summed E-state index contributed by atoms with van der Waals surface area (Å²) >= 11 is 0. The molecule has 9 nitrogen and oxygen atoms in total. The molecule has 3 aromatic heterocycles. The van der Waals surface area contributed by atoms with Gasteiger partial charge in [0.05, 0.1) is 25.0 Å². The number of nitrogens with one attached hydrogen (secondary N) is 2. The van der Waals surface area contributed by atoms with Crippen LogP contribution in [0.4, 0.5) is 0 Å². The molecule has 1 aliphatic rings. The molecule has 1 aromatic carbocycles. The van der Waals surface area contributed by atoms with E-state index in [1.807, 2.05) is 31.2 Å². The van der Waals surface area contributed by atoms with Gasteiger partial charge in [0, 0.05) is 5.52 Å². The Bertz CT molecular complexity index is 1250. The number of morpholine rings is 1. The fourth-order valence-corrected chi connectivity index (χ4v) is 4.25. The van der Waals surface area contributed by atoms with Crippen molar-refractivity contribution < 1.29 is 14.1 Å². The number of fused-ring (bicyclic) bond motifs is 1. The molecule has 0 radical (unpaired) electrons. The Morgan fingerprint density at radius 3 is 2.77 bits per heavy atom. The maximum atomic E-state index is 13.2. The molecule has 2 N–H and O–H groups in total. The molecule has 0 unspecified atom stereocenters. The lowest BCUT2D eigenvalue weighted by atomic mass is 10.0. The number of ether oxygens (including phenoxy) is 1. The van der Waals surface area contributed by atoms with Crippen LogP contribution in [0.2, 0.25) is 0 Å². The van der Waals surface area contributed by atoms with E-state index in [9.17, 15) is 4.79 Å². The molecular formula is C22H25N6O3+. The quantitative estimate of drug-likeness (QED) is 0.494. The molecule has 4 aromatic rings. The van der Waals surface area contributed by atoms with E-state index in [1.165, 1.54) is 10.5 Å². The molecule has 0 aliphatic carbocycles. The number of hydrogen-bond acceptors (Lipinski definition) is 6. The number of tetrazole rings is 1. The summed E-state index contributed by atoms with van der Waals surface area (Å²) in [7, 11) is 0. The van der Waals surface area contributed by atoms with Crippen molar-refractivity contribution in [2.75, 3.05) is 26.3 Å². The Morgan fingerprint density at radius 1 is 1.19 bits per heavy atom. The molecule has 1 fully saturated rings. The predicted octanol–water partition coefficient (Wildman–Crippen LogP) is 0.777. The fraction of sp³-hybridized carbons (Fsp3) is 0.364. The second-order valence-electron chi connectivity index (χ2n) is 8.06. The minimum atomic E-state index is -0.316. The van der Waals surface area contributed by atoms with Gasteiger partial charge in [-0.1, -0.05) is 0 Å². The summed E-state index contributed by atoms with van der Waals surface area (Å²) in [6.07, 6.45) is 1.63. The number of rotatable bonds is 5. The number of quaternary nitrogens is 1. The van der Waals surface area contributed by atoms with Gasteiger partial charge in [0.15, 0.2) is 6.04 Å². The van der Waals surface area contributed by atoms with Gasteiger partial charge in [0.1, 0.15) is 25.4 Å². The smallest absolute Gasteiger partial charge is 0.258 e. The highest BCUT2D eigenvalue weighted by Crippen LogP contribution is 2.21. The van der Waals surface area contributed by atoms with Crippen molar-refractivity contribution in [2.24, 2.45) is 0 Å². The highest BCUT2D eigenvalue weighted by Gasteiger charge is 2.35. The van der Waals surface area contributed by atoms with Crippen LogP contribution in [0.3, 0.4) is 0 Å². The van der Waals surface area contributed by atoms with E-state index in [0.29, 0.717) is 31.1 Å². The largest absolute Gasteiger partial charge is 0.467 e. The summed E-state index contributed by atoms with van der Waals surface area (Å²) in [5.74, 6) is 1.39. The number of H-pyrrole nitrogens is 1. The number of pyridine rings is 1. The van der Waals surface area contributed by atoms with Gasteiger partial charge in [0.2, 0.25) is 5.82 Å². The van der Waals surface area contributed by atoms with Crippen molar-refractivity contribution in [1.82, 2.24) is 25.2 Å². The lowest BCUT2D eigenvalue weighted by Gasteiger charge is -2.30. The van der Waals surface area contributed by atoms with Crippen LogP contribution < -0.4 is 10.5 Å². The Hall–Kier alpha value is -3.30. The van der Waals surface area contributed by atoms with Gasteiger partial charge in [-0.15, -0.1) is 5.10 Å². The minimum absolute atomic E-state index is 0.118. The van der Waals surface area contributed by atoms with Crippen LogP contribution in [0.5, 0.6) is 0 Å². The van der Waals surface area contributed by atoms with Gasteiger partial charge < -0.3 is 19.0 Å². The second-order valence-corrected chi connectivity index (χ2v) is 8.06. The van der Waals surface area contributed by atoms with Crippen LogP contribution in [0, 0.1) is 13.8 Å². The minimum Gasteiger partial charge on any atom is -0.467 e. The summed E-state index contributed by atoms with van der Waals surface area (Å²) in [4.78, 5) is 17.5. The molecule has 1 aliphatic heterocycles. The van der Waals surface area contributed by atoms with Crippen LogP contribution in [0.1, 0.15) is 34.3 Å². The Labute approximate surface area is 178 Å². The zero-order valence-corrected chi connectivity index (χ0v) is 17.6. The first-order valence-corrected chi connectivity index (χ1v) is 10.4. The summed E-state index contributed by atoms with van der Waals surface area (Å²) in [5, 5.41) is 13.5. The topological polar surface area (TPSA) is 103 Å². The average molecular weight is 421 g/mol. The summed E-state index contributed by atoms with van der Waals surface area (Å²) < 4.78 is 12.8. The third-order valence-electron chi connectivity index (χ3n) is 6.05. The standard InChI is InChI=1S/C22H24N6O3/c1-14-10-16-12-18(22(29)23-19(16)11-15(14)2)20(27-5-8-30-9-6-27)21-24-25-26-28(21)13-17-4-3-7-31-17/h3-4,7,10-12,20H,5-6,8-9,13H2,1-2H3,(H,23,29)/p+1/t20-/m1/s1. The molecule has 0 bridgehead atoms. The summed E-state index contributed by atoms with van der Waals surface area (Å²) in [5.41, 5.74) is 3.70. The SMILES string of the molecule is Cc1cc2cc([C@H](c3nnnn3Cc3ccco3)[NH+]3CCOCC3)c(=O)[nH]c2cc1C. The van der Waals surface area contributed by atoms with E-state index in [4.69, 9.17) is 9.15 Å². The van der Waals surface area contributed by atoms with Gasteiger partial charge in [0.25, 0.3) is 5.56 Å². The van der Waals surface area contributed by atoms with Crippen molar-refractivity contribution in [3.8, 4) is 0 Å². The van der Waals surface area contributed by atoms with Crippen molar-refractivity contribution in [3.63, 3.8) is 0 Å². The van der Waals surface area contributed by atoms with Crippen LogP contribution >= 0.6 is 0 Å². The molecule has 5 rings (SSSR count). The first-order chi connectivity index (χ1) is 15.1. The second kappa shape index (κ2) is 8.09. The van der Waals surface area contributed by atoms with Crippen molar-refractivity contribution >= 4 is 10.9 Å². The monoisotopic (exact) mass is 421 g/mol. The third-order valence-corrected chi connectivity index (χ3v) is 6.05. The van der Waals surface area contributed by atoms with E-state index < -0.39 is 0 Å². The average Bonchev–Trinajstić information content (AvgIpc) is 3.44. The van der Waals surface area contributed by atoms with Gasteiger partial charge >= 0.3 is 0 Å². The van der Waals surface area contributed by atoms with Gasteiger partial charge in [-0.25, -0.2) is 4.68 Å². The number of nitrogens with zero attached hydrogens (tertiary/aromatic N) is 4. The first-order valence-electron chi connectivity index (χ1n) is 10.4. The van der Waals surface area contributed by atoms with Gasteiger partial charge in [-0.2, -0.15) is 0 Å². The van der Waals surface area contributed by atoms with Crippen molar-refractivity contribution in [3.05, 3.63) is 75.2 Å². The number of hydrogen-bond donors (Lipinski definition) is 2. The molecule has 0 amide bonds. The number of aryl methyl sites for hydroxylation is 2. The number of benzene rings is 1. The lowest BCUT2D eigenvalue weighted by Crippen LogP contribution is -3.14. The molecule has 4 heterocycles. The molecule has 160 valence electrons. The summed E-state index contributed by atoms with van der Waals surface area (Å²) in [6.45, 7) is 7.33. The van der Waals surface area contributed by atoms with E-state index in [0.717, 1.165) is 35.3 Å². The highest BCUT2D eigenvalue weighted by atomic mass is 16.5. The molecule has 1 saturated heterocycles. The Kier molecular flexibility index (Phi) is 5.13. The Balaban J connectivity index is 1.64. The normalized spacial score (nSPS) is 16.1. The molecule has 0 spiro atoms. The maximum absolute atomic E-state index is 13.2. The predicted molar refractivity (Wildman–Crippen MR) is 113 cm³/mol. The Morgan fingerprint density at radius 2 is 2.00 bits per heavy atom. The van der Waals surface area contributed by atoms with Crippen LogP contribution in [-0.4, -0.2) is 51.5 Å². The summed E-state index contributed by atoms with van der Waals surface area (Å²) in [6, 6.07) is 9.52. The van der Waals surface area contributed by atoms with E-state index in [2.05, 4.69) is 33.5 Å². The van der Waals surface area contributed by atoms with Crippen LogP contribution in [0.15, 0.2) is 45.8 Å². The van der Waals surface area contributed by atoms with Crippen molar-refractivity contribution in [2.45, 2.75) is 26.4 Å². The zero-order valence-electron chi connectivity index (χ0n) is 17.6. The van der Waals surface area contributed by atoms with E-state index in [-0.39, 0.29) is 11.6 Å². The van der Waals surface area contributed by atoms with E-state index in [1.54, 1.807) is 10.9 Å². The highest BCUT2D eigenvalue weighted by molar-refractivity contribution is 5.80. The molecule has 1 atom stereocenters. The number of aromatic nitrogens is 5. The van der Waals surface area contributed by atoms with Crippen LogP contribution in [-0.2, 0) is 11.3 Å². The molecule has 0 saturated carbocycles. The molecule has 31 heavy (non-hydrogen) atoms. The van der Waals surface area contributed by atoms with Gasteiger partial charge in [-0.3, -0.25) is 4.79 Å². The number of furan rings is 1. The van der Waals surface area contributed by atoms with E-state index >= 15 is 0 Å². The lowest BCUT2D eigenvalue weighted by molar-refractivity contribution is -0.933. The molecular weight excluding hydrogens is 396 g/mol. The van der Waals surface area contributed by atoms with Crippen LogP contribution in [0.25, 0.3) is 10.9 Å². The fourth-order valence-electron chi connectivity index (χ4n) is 4.25. The van der Waals surface area contributed by atoms with Gasteiger partial charge in [-0.05, 0) is 71.1 Å². The maximum Gasteiger partial charge on any atom is 0.258 e. The number of aromatic amines is 1.